The number of amides is 1. The van der Waals surface area contributed by atoms with E-state index < -0.39 is 0 Å². The first-order chi connectivity index (χ1) is 11.7. The molecule has 1 aliphatic carbocycles. The third-order valence-corrected chi connectivity index (χ3v) is 5.73. The monoisotopic (exact) mass is 338 g/mol. The second-order valence-electron chi connectivity index (χ2n) is 6.29. The zero-order chi connectivity index (χ0) is 16.6. The Morgan fingerprint density at radius 1 is 1.17 bits per heavy atom. The summed E-state index contributed by atoms with van der Waals surface area (Å²) in [6.45, 7) is 0.224. The highest BCUT2D eigenvalue weighted by Gasteiger charge is 2.39. The lowest BCUT2D eigenvalue weighted by Gasteiger charge is -2.43. The average Bonchev–Trinajstić information content (AvgIpc) is 3.05. The number of fused-ring (bicyclic) bond motifs is 1. The number of aromatic nitrogens is 1. The first-order valence-electron chi connectivity index (χ1n) is 8.11. The number of pyridine rings is 1. The summed E-state index contributed by atoms with van der Waals surface area (Å²) in [6.07, 6.45) is 4.77. The van der Waals surface area contributed by atoms with Crippen LogP contribution in [0.2, 0.25) is 0 Å². The maximum Gasteiger partial charge on any atom is 0.240 e. The van der Waals surface area contributed by atoms with Crippen LogP contribution in [0.5, 0.6) is 0 Å². The summed E-state index contributed by atoms with van der Waals surface area (Å²) in [6, 6.07) is 13.6. The van der Waals surface area contributed by atoms with Crippen molar-refractivity contribution in [1.82, 2.24) is 9.88 Å². The molecule has 0 bridgehead atoms. The van der Waals surface area contributed by atoms with E-state index in [2.05, 4.69) is 17.4 Å². The summed E-state index contributed by atoms with van der Waals surface area (Å²) < 4.78 is 2.55. The van der Waals surface area contributed by atoms with Crippen LogP contribution in [0.3, 0.4) is 0 Å². The van der Waals surface area contributed by atoms with Gasteiger partial charge >= 0.3 is 0 Å². The summed E-state index contributed by atoms with van der Waals surface area (Å²) in [7, 11) is 0. The van der Waals surface area contributed by atoms with Gasteiger partial charge in [-0.25, -0.2) is 0 Å². The van der Waals surface area contributed by atoms with E-state index in [9.17, 15) is 9.59 Å². The summed E-state index contributed by atoms with van der Waals surface area (Å²) >= 11 is 1.42. The molecule has 122 valence electrons. The zero-order valence-electron chi connectivity index (χ0n) is 13.2. The predicted octanol–water partition coefficient (Wildman–Crippen LogP) is 3.26. The molecule has 0 spiro atoms. The molecule has 1 aromatic carbocycles. The van der Waals surface area contributed by atoms with Crippen LogP contribution >= 0.6 is 11.3 Å². The van der Waals surface area contributed by atoms with Crippen LogP contribution in [-0.4, -0.2) is 10.5 Å². The molecule has 0 atom stereocenters. The van der Waals surface area contributed by atoms with E-state index in [-0.39, 0.29) is 23.4 Å². The van der Waals surface area contributed by atoms with Gasteiger partial charge in [0.05, 0.1) is 15.8 Å². The van der Waals surface area contributed by atoms with Crippen molar-refractivity contribution in [2.24, 2.45) is 0 Å². The number of thiophene rings is 1. The van der Waals surface area contributed by atoms with Gasteiger partial charge in [0.25, 0.3) is 0 Å². The molecule has 0 saturated heterocycles. The third kappa shape index (κ3) is 2.55. The predicted molar refractivity (Wildman–Crippen MR) is 96.2 cm³/mol. The maximum absolute atomic E-state index is 12.6. The van der Waals surface area contributed by atoms with Gasteiger partial charge in [-0.1, -0.05) is 30.3 Å². The molecule has 5 heteroatoms. The van der Waals surface area contributed by atoms with E-state index in [0.717, 1.165) is 24.8 Å². The number of rotatable bonds is 4. The Hall–Kier alpha value is -2.40. The van der Waals surface area contributed by atoms with Gasteiger partial charge in [-0.05, 0) is 36.3 Å². The largest absolute Gasteiger partial charge is 0.345 e. The molecule has 2 aromatic heterocycles. The fraction of sp³-hybridized carbons (Fsp3) is 0.263. The minimum absolute atomic E-state index is 0.0106. The molecule has 1 saturated carbocycles. The van der Waals surface area contributed by atoms with Gasteiger partial charge in [0.2, 0.25) is 5.91 Å². The van der Waals surface area contributed by atoms with Crippen molar-refractivity contribution in [1.29, 1.82) is 0 Å². The van der Waals surface area contributed by atoms with Crippen molar-refractivity contribution in [3.63, 3.8) is 0 Å². The lowest BCUT2D eigenvalue weighted by molar-refractivity contribution is -0.124. The van der Waals surface area contributed by atoms with Crippen molar-refractivity contribution in [2.75, 3.05) is 0 Å². The summed E-state index contributed by atoms with van der Waals surface area (Å²) in [5, 5.41) is 5.12. The highest BCUT2D eigenvalue weighted by molar-refractivity contribution is 7.17. The van der Waals surface area contributed by atoms with Crippen LogP contribution in [-0.2, 0) is 16.9 Å². The Balaban J connectivity index is 1.57. The molecule has 3 aromatic rings. The van der Waals surface area contributed by atoms with Crippen LogP contribution in [0, 0.1) is 0 Å². The third-order valence-electron chi connectivity index (χ3n) is 4.81. The Kier molecular flexibility index (Phi) is 3.73. The highest BCUT2D eigenvalue weighted by atomic mass is 32.1. The normalized spacial score (nSPS) is 15.8. The molecule has 2 heterocycles. The van der Waals surface area contributed by atoms with Crippen LogP contribution < -0.4 is 10.7 Å². The molecule has 4 nitrogen and oxygen atoms in total. The van der Waals surface area contributed by atoms with Gasteiger partial charge in [0.15, 0.2) is 5.43 Å². The molecule has 1 N–H and O–H groups in total. The zero-order valence-corrected chi connectivity index (χ0v) is 14.0. The van der Waals surface area contributed by atoms with Gasteiger partial charge in [-0.15, -0.1) is 11.3 Å². The van der Waals surface area contributed by atoms with E-state index in [0.29, 0.717) is 4.70 Å². The van der Waals surface area contributed by atoms with Gasteiger partial charge in [0, 0.05) is 12.3 Å². The molecule has 1 aliphatic rings. The molecule has 0 unspecified atom stereocenters. The van der Waals surface area contributed by atoms with Gasteiger partial charge in [-0.2, -0.15) is 0 Å². The second kappa shape index (κ2) is 5.91. The lowest BCUT2D eigenvalue weighted by atomic mass is 9.72. The van der Waals surface area contributed by atoms with Crippen molar-refractivity contribution in [2.45, 2.75) is 31.3 Å². The van der Waals surface area contributed by atoms with E-state index in [1.54, 1.807) is 6.20 Å². The van der Waals surface area contributed by atoms with Crippen molar-refractivity contribution in [3.8, 4) is 0 Å². The summed E-state index contributed by atoms with van der Waals surface area (Å²) in [5.41, 5.74) is 1.78. The van der Waals surface area contributed by atoms with Crippen LogP contribution in [0.15, 0.2) is 58.8 Å². The van der Waals surface area contributed by atoms with Crippen molar-refractivity contribution >= 4 is 27.5 Å². The Labute approximate surface area is 143 Å². The fourth-order valence-electron chi connectivity index (χ4n) is 3.40. The minimum atomic E-state index is -0.231. The molecule has 24 heavy (non-hydrogen) atoms. The van der Waals surface area contributed by atoms with Crippen LogP contribution in [0.25, 0.3) is 10.2 Å². The summed E-state index contributed by atoms with van der Waals surface area (Å²) in [5.74, 6) is -0.0188. The molecule has 1 amide bonds. The maximum atomic E-state index is 12.6. The summed E-state index contributed by atoms with van der Waals surface area (Å²) in [4.78, 5) is 24.5. The number of nitrogens with zero attached hydrogens (tertiary/aromatic N) is 1. The molecular weight excluding hydrogens is 320 g/mol. The Bertz CT molecular complexity index is 939. The molecule has 1 fully saturated rings. The van der Waals surface area contributed by atoms with E-state index in [1.165, 1.54) is 23.0 Å². The smallest absolute Gasteiger partial charge is 0.240 e. The SMILES string of the molecule is O=C(Cn1ccc(=O)c2sccc21)NC1(c2ccccc2)CCC1. The Morgan fingerprint density at radius 2 is 1.96 bits per heavy atom. The quantitative estimate of drug-likeness (QED) is 0.794. The number of hydrogen-bond acceptors (Lipinski definition) is 3. The second-order valence-corrected chi connectivity index (χ2v) is 7.21. The van der Waals surface area contributed by atoms with Crippen LogP contribution in [0.1, 0.15) is 24.8 Å². The number of carbonyl (C=O) groups is 1. The van der Waals surface area contributed by atoms with Crippen LogP contribution in [0.4, 0.5) is 0 Å². The molecular formula is C19H18N2O2S. The molecule has 0 radical (unpaired) electrons. The number of benzene rings is 1. The first kappa shape index (κ1) is 15.1. The van der Waals surface area contributed by atoms with Crippen molar-refractivity contribution in [3.05, 3.63) is 69.8 Å². The standard InChI is InChI=1S/C19H18N2O2S/c22-16-7-11-21(15-8-12-24-18(15)16)13-17(23)20-19(9-4-10-19)14-5-2-1-3-6-14/h1-3,5-8,11-12H,4,9-10,13H2,(H,20,23). The minimum Gasteiger partial charge on any atom is -0.345 e. The molecule has 0 aliphatic heterocycles. The van der Waals surface area contributed by atoms with Crippen molar-refractivity contribution < 1.29 is 4.79 Å². The first-order valence-corrected chi connectivity index (χ1v) is 8.99. The topological polar surface area (TPSA) is 51.1 Å². The fourth-order valence-corrected chi connectivity index (χ4v) is 4.22. The van der Waals surface area contributed by atoms with Gasteiger partial charge in [0.1, 0.15) is 6.54 Å². The van der Waals surface area contributed by atoms with E-state index in [4.69, 9.17) is 0 Å². The molecule has 4 rings (SSSR count). The lowest BCUT2D eigenvalue weighted by Crippen LogP contribution is -2.51. The highest BCUT2D eigenvalue weighted by Crippen LogP contribution is 2.41. The number of hydrogen-bond donors (Lipinski definition) is 1. The number of nitrogens with one attached hydrogen (secondary N) is 1. The van der Waals surface area contributed by atoms with E-state index >= 15 is 0 Å². The Morgan fingerprint density at radius 3 is 2.67 bits per heavy atom. The average molecular weight is 338 g/mol. The van der Waals surface area contributed by atoms with Gasteiger partial charge in [-0.3, -0.25) is 9.59 Å². The number of carbonyl (C=O) groups excluding carboxylic acids is 1. The van der Waals surface area contributed by atoms with E-state index in [1.807, 2.05) is 34.2 Å². The van der Waals surface area contributed by atoms with Gasteiger partial charge < -0.3 is 9.88 Å².